The molecule has 0 saturated carbocycles. The summed E-state index contributed by atoms with van der Waals surface area (Å²) in [5.74, 6) is 1.51. The molecule has 1 aliphatic rings. The fraction of sp³-hybridized carbons (Fsp3) is 0.389. The van der Waals surface area contributed by atoms with Crippen LogP contribution in [0.25, 0.3) is 0 Å². The number of furan rings is 1. The monoisotopic (exact) mass is 379 g/mol. The van der Waals surface area contributed by atoms with Crippen molar-refractivity contribution in [3.8, 4) is 0 Å². The Balaban J connectivity index is 1.55. The van der Waals surface area contributed by atoms with Crippen LogP contribution < -0.4 is 0 Å². The highest BCUT2D eigenvalue weighted by Crippen LogP contribution is 2.34. The van der Waals surface area contributed by atoms with Crippen molar-refractivity contribution < 1.29 is 17.6 Å². The largest absolute Gasteiger partial charge is 0.468 e. The Kier molecular flexibility index (Phi) is 5.86. The predicted molar refractivity (Wildman–Crippen MR) is 98.2 cm³/mol. The molecule has 1 aliphatic heterocycles. The number of carbonyl (C=O) groups is 1. The van der Waals surface area contributed by atoms with Crippen LogP contribution in [0.3, 0.4) is 0 Å². The molecule has 1 unspecified atom stereocenters. The lowest BCUT2D eigenvalue weighted by Crippen LogP contribution is -2.34. The molecule has 25 heavy (non-hydrogen) atoms. The van der Waals surface area contributed by atoms with Gasteiger partial charge in [0.1, 0.15) is 5.76 Å². The van der Waals surface area contributed by atoms with Crippen molar-refractivity contribution in [2.24, 2.45) is 0 Å². The number of benzene rings is 1. The fourth-order valence-electron chi connectivity index (χ4n) is 2.85. The zero-order chi connectivity index (χ0) is 17.7. The molecule has 0 radical (unpaired) electrons. The summed E-state index contributed by atoms with van der Waals surface area (Å²) in [6.45, 7) is 1.27. The van der Waals surface area contributed by atoms with Crippen molar-refractivity contribution in [1.82, 2.24) is 4.90 Å². The zero-order valence-electron chi connectivity index (χ0n) is 13.8. The van der Waals surface area contributed by atoms with Gasteiger partial charge >= 0.3 is 0 Å². The molecular weight excluding hydrogens is 358 g/mol. The molecule has 2 heterocycles. The molecule has 1 aromatic carbocycles. The first-order chi connectivity index (χ1) is 12.1. The van der Waals surface area contributed by atoms with Gasteiger partial charge in [-0.1, -0.05) is 18.2 Å². The number of amides is 1. The van der Waals surface area contributed by atoms with E-state index < -0.39 is 9.84 Å². The van der Waals surface area contributed by atoms with Gasteiger partial charge in [-0.25, -0.2) is 8.42 Å². The number of sulfone groups is 1. The van der Waals surface area contributed by atoms with Crippen molar-refractivity contribution in [2.75, 3.05) is 24.6 Å². The third-order valence-electron chi connectivity index (χ3n) is 4.24. The van der Waals surface area contributed by atoms with Gasteiger partial charge in [0.05, 0.1) is 22.2 Å². The normalized spacial score (nSPS) is 18.7. The first-order valence-electron chi connectivity index (χ1n) is 8.27. The average Bonchev–Trinajstić information content (AvgIpc) is 3.05. The van der Waals surface area contributed by atoms with Crippen LogP contribution >= 0.6 is 11.8 Å². The summed E-state index contributed by atoms with van der Waals surface area (Å²) in [7, 11) is -3.42. The molecule has 1 fully saturated rings. The number of nitrogens with zero attached hydrogens (tertiary/aromatic N) is 1. The van der Waals surface area contributed by atoms with E-state index in [2.05, 4.69) is 0 Å². The number of hydrogen-bond donors (Lipinski definition) is 0. The van der Waals surface area contributed by atoms with Gasteiger partial charge in [-0.3, -0.25) is 4.79 Å². The van der Waals surface area contributed by atoms with Crippen LogP contribution in [0.5, 0.6) is 0 Å². The third-order valence-corrected chi connectivity index (χ3v) is 7.26. The lowest BCUT2D eigenvalue weighted by Gasteiger charge is -2.20. The lowest BCUT2D eigenvalue weighted by atomic mass is 10.2. The van der Waals surface area contributed by atoms with Crippen molar-refractivity contribution in [1.29, 1.82) is 0 Å². The molecule has 1 aromatic heterocycles. The van der Waals surface area contributed by atoms with Crippen LogP contribution in [-0.4, -0.2) is 43.8 Å². The maximum atomic E-state index is 12.5. The number of thioether (sulfide) groups is 1. The summed E-state index contributed by atoms with van der Waals surface area (Å²) in [6.07, 6.45) is 2.50. The van der Waals surface area contributed by atoms with Crippen LogP contribution in [0.15, 0.2) is 58.0 Å². The second kappa shape index (κ2) is 8.10. The quantitative estimate of drug-likeness (QED) is 0.798. The maximum Gasteiger partial charge on any atom is 0.223 e. The molecule has 2 aromatic rings. The smallest absolute Gasteiger partial charge is 0.223 e. The SMILES string of the molecule is O=C(CCS(=O)(=O)c1ccccc1)N1CCSC(c2ccco2)CC1. The maximum absolute atomic E-state index is 12.5. The Bertz CT molecular complexity index is 788. The Morgan fingerprint density at radius 1 is 1.16 bits per heavy atom. The molecule has 0 N–H and O–H groups in total. The van der Waals surface area contributed by atoms with Gasteiger partial charge in [-0.2, -0.15) is 0 Å². The van der Waals surface area contributed by atoms with Gasteiger partial charge in [-0.15, -0.1) is 11.8 Å². The minimum absolute atomic E-state index is 0.0211. The minimum Gasteiger partial charge on any atom is -0.468 e. The summed E-state index contributed by atoms with van der Waals surface area (Å²) < 4.78 is 30.1. The summed E-state index contributed by atoms with van der Waals surface area (Å²) in [5, 5.41) is 0.251. The fourth-order valence-corrected chi connectivity index (χ4v) is 5.28. The molecule has 5 nitrogen and oxygen atoms in total. The van der Waals surface area contributed by atoms with Gasteiger partial charge < -0.3 is 9.32 Å². The highest BCUT2D eigenvalue weighted by molar-refractivity contribution is 7.99. The van der Waals surface area contributed by atoms with E-state index in [0.717, 1.165) is 17.9 Å². The minimum atomic E-state index is -3.42. The standard InChI is InChI=1S/C18H21NO4S2/c20-18(9-14-25(21,22)15-5-2-1-3-6-15)19-10-8-17(24-13-11-19)16-7-4-12-23-16/h1-7,12,17H,8-11,13-14H2. The highest BCUT2D eigenvalue weighted by atomic mass is 32.2. The van der Waals surface area contributed by atoms with Gasteiger partial charge in [0.15, 0.2) is 9.84 Å². The van der Waals surface area contributed by atoms with E-state index in [1.807, 2.05) is 12.1 Å². The second-order valence-electron chi connectivity index (χ2n) is 5.93. The van der Waals surface area contributed by atoms with E-state index in [0.29, 0.717) is 13.1 Å². The van der Waals surface area contributed by atoms with Crippen molar-refractivity contribution in [3.05, 3.63) is 54.5 Å². The Morgan fingerprint density at radius 3 is 2.68 bits per heavy atom. The molecule has 1 saturated heterocycles. The molecule has 0 spiro atoms. The highest BCUT2D eigenvalue weighted by Gasteiger charge is 2.24. The first-order valence-corrected chi connectivity index (χ1v) is 11.0. The van der Waals surface area contributed by atoms with Gasteiger partial charge in [-0.05, 0) is 30.7 Å². The van der Waals surface area contributed by atoms with Crippen molar-refractivity contribution >= 4 is 27.5 Å². The van der Waals surface area contributed by atoms with Gasteiger partial charge in [0, 0.05) is 25.3 Å². The number of carbonyl (C=O) groups excluding carboxylic acids is 1. The van der Waals surface area contributed by atoms with Gasteiger partial charge in [0.2, 0.25) is 5.91 Å². The molecule has 0 aliphatic carbocycles. The molecule has 134 valence electrons. The number of rotatable bonds is 5. The van der Waals surface area contributed by atoms with Crippen LogP contribution in [0.2, 0.25) is 0 Å². The average molecular weight is 380 g/mol. The Morgan fingerprint density at radius 2 is 1.96 bits per heavy atom. The van der Waals surface area contributed by atoms with Gasteiger partial charge in [0.25, 0.3) is 0 Å². The lowest BCUT2D eigenvalue weighted by molar-refractivity contribution is -0.130. The first kappa shape index (κ1) is 18.1. The molecule has 1 amide bonds. The van der Waals surface area contributed by atoms with Crippen LogP contribution in [0.4, 0.5) is 0 Å². The van der Waals surface area contributed by atoms with E-state index in [9.17, 15) is 13.2 Å². The molecular formula is C18H21NO4S2. The molecule has 1 atom stereocenters. The van der Waals surface area contributed by atoms with E-state index in [4.69, 9.17) is 4.42 Å². The van der Waals surface area contributed by atoms with E-state index in [-0.39, 0.29) is 28.2 Å². The summed E-state index contributed by atoms with van der Waals surface area (Å²) in [4.78, 5) is 14.5. The van der Waals surface area contributed by atoms with Crippen LogP contribution in [0.1, 0.15) is 23.9 Å². The van der Waals surface area contributed by atoms with E-state index in [1.54, 1.807) is 53.3 Å². The van der Waals surface area contributed by atoms with E-state index in [1.165, 1.54) is 0 Å². The predicted octanol–water partition coefficient (Wildman–Crippen LogP) is 3.15. The van der Waals surface area contributed by atoms with E-state index >= 15 is 0 Å². The summed E-state index contributed by atoms with van der Waals surface area (Å²) in [5.41, 5.74) is 0. The molecule has 0 bridgehead atoms. The Labute approximate surface area is 152 Å². The van der Waals surface area contributed by atoms with Crippen LogP contribution in [0, 0.1) is 0 Å². The molecule has 7 heteroatoms. The second-order valence-corrected chi connectivity index (χ2v) is 9.35. The topological polar surface area (TPSA) is 67.6 Å². The third kappa shape index (κ3) is 4.67. The zero-order valence-corrected chi connectivity index (χ0v) is 15.5. The van der Waals surface area contributed by atoms with Crippen molar-refractivity contribution in [3.63, 3.8) is 0 Å². The van der Waals surface area contributed by atoms with Crippen LogP contribution in [-0.2, 0) is 14.6 Å². The molecule has 3 rings (SSSR count). The number of hydrogen-bond acceptors (Lipinski definition) is 5. The Hall–Kier alpha value is -1.73. The summed E-state index contributed by atoms with van der Waals surface area (Å²) >= 11 is 1.78. The summed E-state index contributed by atoms with van der Waals surface area (Å²) in [6, 6.07) is 12.1. The van der Waals surface area contributed by atoms with Crippen molar-refractivity contribution in [2.45, 2.75) is 23.0 Å².